The van der Waals surface area contributed by atoms with Gasteiger partial charge in [0.15, 0.2) is 0 Å². The lowest BCUT2D eigenvalue weighted by atomic mass is 10.0. The molecule has 3 nitrogen and oxygen atoms in total. The van der Waals surface area contributed by atoms with Crippen LogP contribution in [0.15, 0.2) is 0 Å². The Bertz CT molecular complexity index is 213. The van der Waals surface area contributed by atoms with Crippen molar-refractivity contribution in [3.8, 4) is 0 Å². The van der Waals surface area contributed by atoms with Gasteiger partial charge in [-0.2, -0.15) is 0 Å². The van der Waals surface area contributed by atoms with Crippen LogP contribution in [0, 0.1) is 0 Å². The fourth-order valence-electron chi connectivity index (χ4n) is 3.05. The van der Waals surface area contributed by atoms with E-state index in [1.807, 2.05) is 0 Å². The van der Waals surface area contributed by atoms with Crippen molar-refractivity contribution in [3.63, 3.8) is 0 Å². The second-order valence-corrected chi connectivity index (χ2v) is 5.63. The van der Waals surface area contributed by atoms with Crippen LogP contribution in [0.5, 0.6) is 0 Å². The van der Waals surface area contributed by atoms with Gasteiger partial charge >= 0.3 is 0 Å². The van der Waals surface area contributed by atoms with Crippen LogP contribution >= 0.6 is 0 Å². The number of nitrogens with zero attached hydrogens (tertiary/aromatic N) is 2. The Morgan fingerprint density at radius 3 is 2.38 bits per heavy atom. The molecule has 2 aliphatic heterocycles. The molecule has 2 rings (SSSR count). The molecule has 1 N–H and O–H groups in total. The van der Waals surface area contributed by atoms with Crippen LogP contribution in [0.4, 0.5) is 0 Å². The molecule has 2 unspecified atom stereocenters. The molecule has 0 radical (unpaired) electrons. The van der Waals surface area contributed by atoms with Gasteiger partial charge in [-0.25, -0.2) is 0 Å². The largest absolute Gasteiger partial charge is 0.317 e. The molecule has 0 aromatic rings. The first-order valence-electron chi connectivity index (χ1n) is 6.85. The first-order chi connectivity index (χ1) is 7.68. The molecule has 94 valence electrons. The SMILES string of the molecule is CC1CCN(C2CCNCC2)CC(C)N1C. The topological polar surface area (TPSA) is 18.5 Å². The Labute approximate surface area is 100 Å². The minimum Gasteiger partial charge on any atom is -0.317 e. The lowest BCUT2D eigenvalue weighted by molar-refractivity contribution is 0.142. The summed E-state index contributed by atoms with van der Waals surface area (Å²) in [7, 11) is 2.28. The van der Waals surface area contributed by atoms with Crippen molar-refractivity contribution in [2.45, 2.75) is 51.2 Å². The quantitative estimate of drug-likeness (QED) is 0.722. The molecule has 0 aromatic heterocycles. The van der Waals surface area contributed by atoms with E-state index in [1.54, 1.807) is 0 Å². The van der Waals surface area contributed by atoms with E-state index in [0.29, 0.717) is 6.04 Å². The minimum absolute atomic E-state index is 0.701. The molecule has 0 spiro atoms. The maximum Gasteiger partial charge on any atom is 0.0194 e. The predicted octanol–water partition coefficient (Wildman–Crippen LogP) is 1.15. The summed E-state index contributed by atoms with van der Waals surface area (Å²) in [5.41, 5.74) is 0. The number of piperidine rings is 1. The number of rotatable bonds is 1. The second kappa shape index (κ2) is 5.48. The van der Waals surface area contributed by atoms with E-state index in [-0.39, 0.29) is 0 Å². The third kappa shape index (κ3) is 2.76. The van der Waals surface area contributed by atoms with E-state index in [0.717, 1.165) is 12.1 Å². The van der Waals surface area contributed by atoms with E-state index in [9.17, 15) is 0 Å². The summed E-state index contributed by atoms with van der Waals surface area (Å²) in [5.74, 6) is 0. The van der Waals surface area contributed by atoms with E-state index in [2.05, 4.69) is 36.0 Å². The van der Waals surface area contributed by atoms with Crippen LogP contribution in [0.25, 0.3) is 0 Å². The van der Waals surface area contributed by atoms with Crippen LogP contribution in [-0.4, -0.2) is 61.2 Å². The summed E-state index contributed by atoms with van der Waals surface area (Å²) < 4.78 is 0. The van der Waals surface area contributed by atoms with Crippen molar-refractivity contribution in [3.05, 3.63) is 0 Å². The summed E-state index contributed by atoms with van der Waals surface area (Å²) in [6, 6.07) is 2.27. The normalized spacial score (nSPS) is 36.2. The molecule has 16 heavy (non-hydrogen) atoms. The van der Waals surface area contributed by atoms with Crippen LogP contribution < -0.4 is 5.32 Å². The van der Waals surface area contributed by atoms with Gasteiger partial charge in [0.25, 0.3) is 0 Å². The second-order valence-electron chi connectivity index (χ2n) is 5.63. The number of hydrogen-bond acceptors (Lipinski definition) is 3. The zero-order valence-electron chi connectivity index (χ0n) is 11.1. The van der Waals surface area contributed by atoms with Crippen molar-refractivity contribution in [1.82, 2.24) is 15.1 Å². The van der Waals surface area contributed by atoms with Gasteiger partial charge < -0.3 is 5.32 Å². The van der Waals surface area contributed by atoms with Gasteiger partial charge in [0, 0.05) is 24.7 Å². The highest BCUT2D eigenvalue weighted by atomic mass is 15.3. The minimum atomic E-state index is 0.701. The summed E-state index contributed by atoms with van der Waals surface area (Å²) in [5, 5.41) is 3.46. The van der Waals surface area contributed by atoms with Gasteiger partial charge in [-0.1, -0.05) is 0 Å². The fraction of sp³-hybridized carbons (Fsp3) is 1.00. The van der Waals surface area contributed by atoms with Crippen LogP contribution in [0.3, 0.4) is 0 Å². The van der Waals surface area contributed by atoms with Crippen molar-refractivity contribution in [2.24, 2.45) is 0 Å². The molecular formula is C13H27N3. The molecule has 2 heterocycles. The first-order valence-corrected chi connectivity index (χ1v) is 6.85. The van der Waals surface area contributed by atoms with Crippen molar-refractivity contribution < 1.29 is 0 Å². The highest BCUT2D eigenvalue weighted by Gasteiger charge is 2.28. The van der Waals surface area contributed by atoms with Crippen LogP contribution in [-0.2, 0) is 0 Å². The maximum atomic E-state index is 3.46. The Balaban J connectivity index is 1.94. The first kappa shape index (κ1) is 12.3. The molecule has 2 fully saturated rings. The Kier molecular flexibility index (Phi) is 4.22. The van der Waals surface area contributed by atoms with Gasteiger partial charge in [0.05, 0.1) is 0 Å². The predicted molar refractivity (Wildman–Crippen MR) is 68.8 cm³/mol. The van der Waals surface area contributed by atoms with E-state index < -0.39 is 0 Å². The third-order valence-corrected chi connectivity index (χ3v) is 4.55. The highest BCUT2D eigenvalue weighted by molar-refractivity contribution is 4.85. The van der Waals surface area contributed by atoms with E-state index in [1.165, 1.54) is 45.4 Å². The number of likely N-dealkylation sites (N-methyl/N-ethyl adjacent to an activating group) is 1. The molecule has 3 heteroatoms. The molecule has 0 aromatic carbocycles. The summed E-state index contributed by atoms with van der Waals surface area (Å²) >= 11 is 0. The lowest BCUT2D eigenvalue weighted by Gasteiger charge is -2.35. The lowest BCUT2D eigenvalue weighted by Crippen LogP contribution is -2.46. The zero-order valence-corrected chi connectivity index (χ0v) is 11.1. The average molecular weight is 225 g/mol. The number of nitrogens with one attached hydrogen (secondary N) is 1. The summed E-state index contributed by atoms with van der Waals surface area (Å²) in [4.78, 5) is 5.28. The van der Waals surface area contributed by atoms with Gasteiger partial charge in [0.1, 0.15) is 0 Å². The maximum absolute atomic E-state index is 3.46. The van der Waals surface area contributed by atoms with Crippen LogP contribution in [0.1, 0.15) is 33.1 Å². The molecule has 2 atom stereocenters. The summed E-state index contributed by atoms with van der Waals surface area (Å²) in [6.07, 6.45) is 4.00. The van der Waals surface area contributed by atoms with Crippen LogP contribution in [0.2, 0.25) is 0 Å². The average Bonchev–Trinajstić information content (AvgIpc) is 2.44. The van der Waals surface area contributed by atoms with Crippen molar-refractivity contribution in [1.29, 1.82) is 0 Å². The summed E-state index contributed by atoms with van der Waals surface area (Å²) in [6.45, 7) is 9.70. The Morgan fingerprint density at radius 2 is 1.69 bits per heavy atom. The van der Waals surface area contributed by atoms with Crippen molar-refractivity contribution >= 4 is 0 Å². The highest BCUT2D eigenvalue weighted by Crippen LogP contribution is 2.19. The molecule has 0 aliphatic carbocycles. The molecule has 0 bridgehead atoms. The van der Waals surface area contributed by atoms with Gasteiger partial charge in [-0.3, -0.25) is 9.80 Å². The van der Waals surface area contributed by atoms with E-state index >= 15 is 0 Å². The van der Waals surface area contributed by atoms with Gasteiger partial charge in [0.2, 0.25) is 0 Å². The Hall–Kier alpha value is -0.120. The zero-order chi connectivity index (χ0) is 11.5. The molecule has 0 saturated carbocycles. The molecule has 0 amide bonds. The van der Waals surface area contributed by atoms with Gasteiger partial charge in [-0.15, -0.1) is 0 Å². The fourth-order valence-corrected chi connectivity index (χ4v) is 3.05. The van der Waals surface area contributed by atoms with E-state index in [4.69, 9.17) is 0 Å². The Morgan fingerprint density at radius 1 is 1.00 bits per heavy atom. The number of hydrogen-bond donors (Lipinski definition) is 1. The third-order valence-electron chi connectivity index (χ3n) is 4.55. The molecular weight excluding hydrogens is 198 g/mol. The molecule has 2 saturated heterocycles. The standard InChI is InChI=1S/C13H27N3/c1-11-6-9-16(10-12(2)15(11)3)13-4-7-14-8-5-13/h11-14H,4-10H2,1-3H3. The smallest absolute Gasteiger partial charge is 0.0194 e. The van der Waals surface area contributed by atoms with Crippen molar-refractivity contribution in [2.75, 3.05) is 33.2 Å². The van der Waals surface area contributed by atoms with Gasteiger partial charge in [-0.05, 0) is 59.8 Å². The monoisotopic (exact) mass is 225 g/mol. The molecule has 2 aliphatic rings.